The van der Waals surface area contributed by atoms with Gasteiger partial charge < -0.3 is 10.6 Å². The fourth-order valence-corrected chi connectivity index (χ4v) is 3.95. The topological polar surface area (TPSA) is 61.4 Å². The van der Waals surface area contributed by atoms with Crippen molar-refractivity contribution in [3.8, 4) is 0 Å². The first-order valence-corrected chi connectivity index (χ1v) is 12.7. The van der Waals surface area contributed by atoms with Crippen LogP contribution >= 0.6 is 0 Å². The monoisotopic (exact) mass is 565 g/mol. The van der Waals surface area contributed by atoms with Crippen LogP contribution in [0.2, 0.25) is 0 Å². The predicted molar refractivity (Wildman–Crippen MR) is 141 cm³/mol. The van der Waals surface area contributed by atoms with Gasteiger partial charge in [-0.1, -0.05) is 44.0 Å². The lowest BCUT2D eigenvalue weighted by molar-refractivity contribution is -0.138. The van der Waals surface area contributed by atoms with E-state index in [9.17, 15) is 35.9 Å². The standard InChI is InChI=1S/C29H29F6N3O2/c1-2-3-4-7-20-12-14-21(15-13-20)26(39)36-16-17-38(25-11-6-9-23(19-25)29(33,34)35)27(40)37-24-10-5-8-22(18-24)28(30,31)32/h5-6,8-15,18-19H,2-4,7,16-17H2,1H3,(H,36,39)(H,37,40). The Morgan fingerprint density at radius 2 is 1.43 bits per heavy atom. The number of halogens is 6. The smallest absolute Gasteiger partial charge is 0.350 e. The zero-order valence-corrected chi connectivity index (χ0v) is 21.7. The molecule has 3 aromatic rings. The highest BCUT2D eigenvalue weighted by atomic mass is 19.4. The summed E-state index contributed by atoms with van der Waals surface area (Å²) in [5.74, 6) is -0.442. The normalized spacial score (nSPS) is 11.7. The third-order valence-electron chi connectivity index (χ3n) is 6.08. The van der Waals surface area contributed by atoms with Crippen LogP contribution in [0.5, 0.6) is 0 Å². The summed E-state index contributed by atoms with van der Waals surface area (Å²) in [6.07, 6.45) is -5.21. The maximum atomic E-state index is 13.3. The quantitative estimate of drug-likeness (QED) is 0.194. The second-order valence-corrected chi connectivity index (χ2v) is 9.12. The number of carbonyl (C=O) groups excluding carboxylic acids is 2. The molecular formula is C29H29F6N3O2. The highest BCUT2D eigenvalue weighted by molar-refractivity contribution is 6.02. The summed E-state index contributed by atoms with van der Waals surface area (Å²) in [7, 11) is 0. The maximum absolute atomic E-state index is 13.3. The number of hydrogen-bond acceptors (Lipinski definition) is 2. The number of nitrogens with zero attached hydrogens (tertiary/aromatic N) is 1. The number of anilines is 2. The maximum Gasteiger partial charge on any atom is 0.416 e. The molecular weight excluding hydrogens is 536 g/mol. The Morgan fingerprint density at radius 1 is 0.800 bits per heavy atom. The van der Waals surface area contributed by atoms with Gasteiger partial charge in [-0.05, 0) is 66.9 Å². The van der Waals surface area contributed by atoms with Crippen molar-refractivity contribution in [3.63, 3.8) is 0 Å². The number of carbonyl (C=O) groups is 2. The van der Waals surface area contributed by atoms with Gasteiger partial charge >= 0.3 is 18.4 Å². The number of unbranched alkanes of at least 4 members (excludes halogenated alkanes) is 2. The van der Waals surface area contributed by atoms with Gasteiger partial charge in [0, 0.05) is 30.0 Å². The average Bonchev–Trinajstić information content (AvgIpc) is 2.91. The number of amides is 3. The molecule has 3 rings (SSSR count). The molecule has 0 aromatic heterocycles. The SMILES string of the molecule is CCCCCc1ccc(C(=O)NCCN(C(=O)Nc2cccc(C(F)(F)F)c2)c2cccc(C(F)(F)F)c2)cc1. The second-order valence-electron chi connectivity index (χ2n) is 9.12. The van der Waals surface area contributed by atoms with Crippen molar-refractivity contribution in [2.75, 3.05) is 23.3 Å². The lowest BCUT2D eigenvalue weighted by Gasteiger charge is -2.24. The lowest BCUT2D eigenvalue weighted by Crippen LogP contribution is -2.41. The Balaban J connectivity index is 1.74. The highest BCUT2D eigenvalue weighted by Gasteiger charge is 2.32. The van der Waals surface area contributed by atoms with Gasteiger partial charge in [0.1, 0.15) is 0 Å². The Bertz CT molecular complexity index is 1290. The van der Waals surface area contributed by atoms with Crippen LogP contribution in [-0.4, -0.2) is 25.0 Å². The fraction of sp³-hybridized carbons (Fsp3) is 0.310. The van der Waals surface area contributed by atoms with E-state index in [1.807, 2.05) is 12.1 Å². The van der Waals surface area contributed by atoms with E-state index in [1.165, 1.54) is 12.1 Å². The summed E-state index contributed by atoms with van der Waals surface area (Å²) in [5, 5.41) is 4.93. The summed E-state index contributed by atoms with van der Waals surface area (Å²) >= 11 is 0. The molecule has 0 aliphatic rings. The molecule has 0 heterocycles. The predicted octanol–water partition coefficient (Wildman–Crippen LogP) is 7.93. The van der Waals surface area contributed by atoms with E-state index >= 15 is 0 Å². The molecule has 5 nitrogen and oxygen atoms in total. The minimum absolute atomic E-state index is 0.136. The molecule has 3 amide bonds. The number of urea groups is 1. The lowest BCUT2D eigenvalue weighted by atomic mass is 10.1. The van der Waals surface area contributed by atoms with Crippen LogP contribution in [0, 0.1) is 0 Å². The van der Waals surface area contributed by atoms with E-state index in [0.717, 1.165) is 72.5 Å². The summed E-state index contributed by atoms with van der Waals surface area (Å²) in [5.41, 5.74) is -0.889. The molecule has 0 atom stereocenters. The van der Waals surface area contributed by atoms with Crippen molar-refractivity contribution in [1.29, 1.82) is 0 Å². The van der Waals surface area contributed by atoms with Gasteiger partial charge in [-0.25, -0.2) is 4.79 Å². The van der Waals surface area contributed by atoms with Crippen molar-refractivity contribution in [2.45, 2.75) is 45.0 Å². The van der Waals surface area contributed by atoms with Crippen LogP contribution in [0.4, 0.5) is 42.5 Å². The summed E-state index contributed by atoms with van der Waals surface area (Å²) in [4.78, 5) is 26.6. The molecule has 214 valence electrons. The molecule has 0 saturated heterocycles. The fourth-order valence-electron chi connectivity index (χ4n) is 3.95. The molecule has 40 heavy (non-hydrogen) atoms. The summed E-state index contributed by atoms with van der Waals surface area (Å²) < 4.78 is 79.2. The molecule has 0 saturated carbocycles. The Morgan fingerprint density at radius 3 is 2.05 bits per heavy atom. The van der Waals surface area contributed by atoms with Crippen LogP contribution in [0.3, 0.4) is 0 Å². The van der Waals surface area contributed by atoms with Crippen molar-refractivity contribution in [3.05, 3.63) is 95.1 Å². The van der Waals surface area contributed by atoms with E-state index in [2.05, 4.69) is 17.6 Å². The molecule has 11 heteroatoms. The minimum Gasteiger partial charge on any atom is -0.350 e. The molecule has 0 spiro atoms. The first-order chi connectivity index (χ1) is 18.9. The van der Waals surface area contributed by atoms with Crippen LogP contribution < -0.4 is 15.5 Å². The molecule has 0 fully saturated rings. The largest absolute Gasteiger partial charge is 0.416 e. The number of alkyl halides is 6. The first kappa shape index (κ1) is 30.5. The van der Waals surface area contributed by atoms with Crippen molar-refractivity contribution in [2.24, 2.45) is 0 Å². The number of benzene rings is 3. The Labute approximate surface area is 228 Å². The minimum atomic E-state index is -4.68. The molecule has 0 unspecified atom stereocenters. The zero-order chi connectivity index (χ0) is 29.3. The zero-order valence-electron chi connectivity index (χ0n) is 21.7. The van der Waals surface area contributed by atoms with Crippen molar-refractivity contribution >= 4 is 23.3 Å². The van der Waals surface area contributed by atoms with Gasteiger partial charge in [0.2, 0.25) is 0 Å². The second kappa shape index (κ2) is 13.4. The average molecular weight is 566 g/mol. The van der Waals surface area contributed by atoms with Crippen LogP contribution in [0.1, 0.15) is 53.2 Å². The van der Waals surface area contributed by atoms with Gasteiger partial charge in [0.15, 0.2) is 0 Å². The van der Waals surface area contributed by atoms with E-state index < -0.39 is 35.4 Å². The summed E-state index contributed by atoms with van der Waals surface area (Å²) in [6, 6.07) is 13.9. The molecule has 0 radical (unpaired) electrons. The van der Waals surface area contributed by atoms with Crippen LogP contribution in [0.15, 0.2) is 72.8 Å². The molecule has 0 aliphatic carbocycles. The van der Waals surface area contributed by atoms with E-state index in [0.29, 0.717) is 5.56 Å². The van der Waals surface area contributed by atoms with Crippen LogP contribution in [-0.2, 0) is 18.8 Å². The molecule has 2 N–H and O–H groups in total. The Hall–Kier alpha value is -4.02. The highest BCUT2D eigenvalue weighted by Crippen LogP contribution is 2.33. The van der Waals surface area contributed by atoms with Crippen molar-refractivity contribution in [1.82, 2.24) is 5.32 Å². The summed E-state index contributed by atoms with van der Waals surface area (Å²) in [6.45, 7) is 1.72. The Kier molecular flexibility index (Phi) is 10.2. The van der Waals surface area contributed by atoms with E-state index in [1.54, 1.807) is 12.1 Å². The van der Waals surface area contributed by atoms with E-state index in [4.69, 9.17) is 0 Å². The number of hydrogen-bond donors (Lipinski definition) is 2. The molecule has 3 aromatic carbocycles. The molecule has 0 aliphatic heterocycles. The van der Waals surface area contributed by atoms with Gasteiger partial charge in [-0.15, -0.1) is 0 Å². The number of aryl methyl sites for hydroxylation is 1. The van der Waals surface area contributed by atoms with Gasteiger partial charge in [0.25, 0.3) is 5.91 Å². The first-order valence-electron chi connectivity index (χ1n) is 12.7. The van der Waals surface area contributed by atoms with Gasteiger partial charge in [-0.3, -0.25) is 9.69 Å². The van der Waals surface area contributed by atoms with E-state index in [-0.39, 0.29) is 24.5 Å². The van der Waals surface area contributed by atoms with Gasteiger partial charge in [0.05, 0.1) is 11.1 Å². The van der Waals surface area contributed by atoms with Crippen LogP contribution in [0.25, 0.3) is 0 Å². The molecule has 0 bridgehead atoms. The van der Waals surface area contributed by atoms with Gasteiger partial charge in [-0.2, -0.15) is 26.3 Å². The number of nitrogens with one attached hydrogen (secondary N) is 2. The number of rotatable bonds is 10. The third-order valence-corrected chi connectivity index (χ3v) is 6.08. The van der Waals surface area contributed by atoms with Crippen molar-refractivity contribution < 1.29 is 35.9 Å². The third kappa shape index (κ3) is 8.75.